The van der Waals surface area contributed by atoms with E-state index in [9.17, 15) is 0 Å². The Morgan fingerprint density at radius 1 is 1.56 bits per heavy atom. The second-order valence-electron chi connectivity index (χ2n) is 4.08. The molecule has 5 heteroatoms. The normalized spacial score (nSPS) is 23.2. The Morgan fingerprint density at radius 2 is 2.44 bits per heavy atom. The topological polar surface area (TPSA) is 52.6 Å². The van der Waals surface area contributed by atoms with Crippen LogP contribution in [0.25, 0.3) is 0 Å². The molecule has 88 valence electrons. The fourth-order valence-corrected chi connectivity index (χ4v) is 1.48. The summed E-state index contributed by atoms with van der Waals surface area (Å²) in [7, 11) is 0. The molecule has 0 saturated carbocycles. The maximum atomic E-state index is 5.58. The summed E-state index contributed by atoms with van der Waals surface area (Å²) in [6.45, 7) is 4.76. The zero-order chi connectivity index (χ0) is 11.4. The van der Waals surface area contributed by atoms with E-state index in [1.165, 1.54) is 0 Å². The van der Waals surface area contributed by atoms with Gasteiger partial charge in [0.15, 0.2) is 5.79 Å². The molecular formula is C11H16N2O3. The van der Waals surface area contributed by atoms with Crippen molar-refractivity contribution >= 4 is 5.82 Å². The lowest BCUT2D eigenvalue weighted by molar-refractivity contribution is -0.143. The first-order valence-electron chi connectivity index (χ1n) is 5.26. The molecule has 5 nitrogen and oxygen atoms in total. The molecule has 0 aromatic carbocycles. The molecule has 1 aromatic heterocycles. The van der Waals surface area contributed by atoms with Gasteiger partial charge < -0.3 is 9.47 Å². The zero-order valence-electron chi connectivity index (χ0n) is 9.47. The van der Waals surface area contributed by atoms with Crippen LogP contribution in [0.1, 0.15) is 13.8 Å². The van der Waals surface area contributed by atoms with E-state index in [-0.39, 0.29) is 6.10 Å². The van der Waals surface area contributed by atoms with Gasteiger partial charge in [-0.15, -0.1) is 0 Å². The smallest absolute Gasteiger partial charge is 0.163 e. The minimum Gasteiger partial charge on any atom is -0.348 e. The number of hydrogen-bond acceptors (Lipinski definition) is 5. The van der Waals surface area contributed by atoms with Crippen LogP contribution in [0.4, 0.5) is 5.82 Å². The van der Waals surface area contributed by atoms with Crippen LogP contribution in [0.15, 0.2) is 24.4 Å². The zero-order valence-corrected chi connectivity index (χ0v) is 9.47. The summed E-state index contributed by atoms with van der Waals surface area (Å²) in [4.78, 5) is 9.34. The van der Waals surface area contributed by atoms with Crippen molar-refractivity contribution in [2.75, 3.05) is 18.7 Å². The molecule has 16 heavy (non-hydrogen) atoms. The van der Waals surface area contributed by atoms with Crippen molar-refractivity contribution in [3.63, 3.8) is 0 Å². The molecule has 1 saturated heterocycles. The monoisotopic (exact) mass is 224 g/mol. The van der Waals surface area contributed by atoms with Crippen molar-refractivity contribution in [3.05, 3.63) is 24.4 Å². The lowest BCUT2D eigenvalue weighted by Gasteiger charge is -2.17. The number of nitrogens with zero attached hydrogens (tertiary/aromatic N) is 1. The summed E-state index contributed by atoms with van der Waals surface area (Å²) in [5, 5.41) is 0. The molecule has 1 fully saturated rings. The van der Waals surface area contributed by atoms with E-state index in [1.807, 2.05) is 32.0 Å². The Hall–Kier alpha value is -1.17. The molecule has 1 aliphatic rings. The first-order chi connectivity index (χ1) is 7.66. The van der Waals surface area contributed by atoms with Crippen molar-refractivity contribution < 1.29 is 14.3 Å². The van der Waals surface area contributed by atoms with Crippen LogP contribution < -0.4 is 5.48 Å². The molecule has 2 heterocycles. The maximum absolute atomic E-state index is 5.58. The van der Waals surface area contributed by atoms with Crippen molar-refractivity contribution in [2.24, 2.45) is 0 Å². The Labute approximate surface area is 94.7 Å². The second-order valence-corrected chi connectivity index (χ2v) is 4.08. The van der Waals surface area contributed by atoms with E-state index in [4.69, 9.17) is 14.3 Å². The van der Waals surface area contributed by atoms with Crippen molar-refractivity contribution in [3.8, 4) is 0 Å². The number of anilines is 1. The predicted octanol–water partition coefficient (Wildman–Crippen LogP) is 1.58. The van der Waals surface area contributed by atoms with Crippen molar-refractivity contribution in [1.29, 1.82) is 0 Å². The summed E-state index contributed by atoms with van der Waals surface area (Å²) in [6.07, 6.45) is 1.66. The van der Waals surface area contributed by atoms with E-state index >= 15 is 0 Å². The Bertz CT molecular complexity index is 329. The van der Waals surface area contributed by atoms with Gasteiger partial charge in [-0.2, -0.15) is 0 Å². The van der Waals surface area contributed by atoms with Crippen LogP contribution in [-0.4, -0.2) is 30.1 Å². The fraction of sp³-hybridized carbons (Fsp3) is 0.545. The van der Waals surface area contributed by atoms with E-state index in [1.54, 1.807) is 6.20 Å². The molecule has 1 aliphatic heterocycles. The highest BCUT2D eigenvalue weighted by molar-refractivity contribution is 5.29. The molecule has 1 N–H and O–H groups in total. The first kappa shape index (κ1) is 11.3. The highest BCUT2D eigenvalue weighted by atomic mass is 16.8. The van der Waals surface area contributed by atoms with Gasteiger partial charge >= 0.3 is 0 Å². The van der Waals surface area contributed by atoms with Gasteiger partial charge in [0.05, 0.1) is 6.61 Å². The van der Waals surface area contributed by atoms with Gasteiger partial charge in [0.1, 0.15) is 18.5 Å². The van der Waals surface area contributed by atoms with E-state index < -0.39 is 5.79 Å². The third-order valence-electron chi connectivity index (χ3n) is 2.18. The fourth-order valence-electron chi connectivity index (χ4n) is 1.48. The minimum atomic E-state index is -0.501. The number of pyridine rings is 1. The molecular weight excluding hydrogens is 208 g/mol. The Morgan fingerprint density at radius 3 is 3.06 bits per heavy atom. The predicted molar refractivity (Wildman–Crippen MR) is 58.7 cm³/mol. The summed E-state index contributed by atoms with van der Waals surface area (Å²) in [5.74, 6) is 0.180. The lowest BCUT2D eigenvalue weighted by Crippen LogP contribution is -2.25. The SMILES string of the molecule is CC1(C)OCC(CONc2ccccn2)O1. The molecule has 2 rings (SSSR count). The van der Waals surface area contributed by atoms with Gasteiger partial charge in [0.25, 0.3) is 0 Å². The highest BCUT2D eigenvalue weighted by Gasteiger charge is 2.32. The molecule has 0 spiro atoms. The van der Waals surface area contributed by atoms with E-state index in [0.29, 0.717) is 19.0 Å². The molecule has 0 bridgehead atoms. The molecule has 1 unspecified atom stereocenters. The van der Waals surface area contributed by atoms with Crippen LogP contribution in [0, 0.1) is 0 Å². The van der Waals surface area contributed by atoms with Gasteiger partial charge in [0.2, 0.25) is 0 Å². The molecule has 1 aromatic rings. The Balaban J connectivity index is 1.70. The van der Waals surface area contributed by atoms with Crippen molar-refractivity contribution in [2.45, 2.75) is 25.7 Å². The van der Waals surface area contributed by atoms with Crippen LogP contribution in [-0.2, 0) is 14.3 Å². The van der Waals surface area contributed by atoms with E-state index in [2.05, 4.69) is 10.5 Å². The molecule has 0 amide bonds. The largest absolute Gasteiger partial charge is 0.348 e. The highest BCUT2D eigenvalue weighted by Crippen LogP contribution is 2.22. The average Bonchev–Trinajstić information content (AvgIpc) is 2.60. The summed E-state index contributed by atoms with van der Waals surface area (Å²) < 4.78 is 11.0. The van der Waals surface area contributed by atoms with Crippen molar-refractivity contribution in [1.82, 2.24) is 4.98 Å². The van der Waals surface area contributed by atoms with Crippen LogP contribution >= 0.6 is 0 Å². The Kier molecular flexibility index (Phi) is 3.38. The average molecular weight is 224 g/mol. The summed E-state index contributed by atoms with van der Waals surface area (Å²) >= 11 is 0. The number of hydrogen-bond donors (Lipinski definition) is 1. The molecule has 0 radical (unpaired) electrons. The maximum Gasteiger partial charge on any atom is 0.163 e. The van der Waals surface area contributed by atoms with Gasteiger partial charge in [-0.05, 0) is 26.0 Å². The lowest BCUT2D eigenvalue weighted by atomic mass is 10.4. The van der Waals surface area contributed by atoms with Crippen LogP contribution in [0.5, 0.6) is 0 Å². The third-order valence-corrected chi connectivity index (χ3v) is 2.18. The third kappa shape index (κ3) is 3.16. The number of nitrogens with one attached hydrogen (secondary N) is 1. The van der Waals surface area contributed by atoms with Gasteiger partial charge in [-0.1, -0.05) is 6.07 Å². The summed E-state index contributed by atoms with van der Waals surface area (Å²) in [6, 6.07) is 5.56. The van der Waals surface area contributed by atoms with E-state index in [0.717, 1.165) is 0 Å². The first-order valence-corrected chi connectivity index (χ1v) is 5.26. The van der Waals surface area contributed by atoms with Gasteiger partial charge in [0, 0.05) is 6.20 Å². The number of rotatable bonds is 4. The quantitative estimate of drug-likeness (QED) is 0.787. The standard InChI is InChI=1S/C11H16N2O3/c1-11(2)14-7-9(16-11)8-15-13-10-5-3-4-6-12-10/h3-6,9H,7-8H2,1-2H3,(H,12,13). The molecule has 1 atom stereocenters. The summed E-state index contributed by atoms with van der Waals surface area (Å²) in [5.41, 5.74) is 2.75. The van der Waals surface area contributed by atoms with Crippen LogP contribution in [0.3, 0.4) is 0 Å². The minimum absolute atomic E-state index is 0.0359. The number of ether oxygens (including phenoxy) is 2. The second kappa shape index (κ2) is 4.78. The number of aromatic nitrogens is 1. The van der Waals surface area contributed by atoms with Gasteiger partial charge in [-0.25, -0.2) is 10.5 Å². The molecule has 0 aliphatic carbocycles. The van der Waals surface area contributed by atoms with Crippen LogP contribution in [0.2, 0.25) is 0 Å². The van der Waals surface area contributed by atoms with Gasteiger partial charge in [-0.3, -0.25) is 4.84 Å².